The molecule has 39 heavy (non-hydrogen) atoms. The Morgan fingerprint density at radius 3 is 2.64 bits per heavy atom. The Labute approximate surface area is 231 Å². The number of aromatic amines is 1. The lowest BCUT2D eigenvalue weighted by molar-refractivity contribution is -0.131. The molecule has 1 spiro atoms. The average molecular weight is 538 g/mol. The van der Waals surface area contributed by atoms with E-state index in [1.165, 1.54) is 0 Å². The predicted octanol–water partition coefficient (Wildman–Crippen LogP) is 4.55. The molecule has 3 N–H and O–H groups in total. The number of amides is 1. The second-order valence-corrected chi connectivity index (χ2v) is 10.5. The van der Waals surface area contributed by atoms with Gasteiger partial charge in [0.1, 0.15) is 29.2 Å². The number of H-pyrrole nitrogens is 1. The van der Waals surface area contributed by atoms with Crippen molar-refractivity contribution in [2.24, 2.45) is 4.99 Å². The van der Waals surface area contributed by atoms with Crippen LogP contribution in [0, 0.1) is 0 Å². The molecule has 9 heteroatoms. The summed E-state index contributed by atoms with van der Waals surface area (Å²) in [5.41, 5.74) is 2.05. The van der Waals surface area contributed by atoms with Gasteiger partial charge in [0.25, 0.3) is 5.91 Å². The first kappa shape index (κ1) is 29.1. The highest BCUT2D eigenvalue weighted by Gasteiger charge is 2.47. The first-order valence-electron chi connectivity index (χ1n) is 14.5. The van der Waals surface area contributed by atoms with Gasteiger partial charge in [-0.25, -0.2) is 4.98 Å². The van der Waals surface area contributed by atoms with Gasteiger partial charge >= 0.3 is 0 Å². The monoisotopic (exact) mass is 537 g/mol. The molecule has 9 nitrogen and oxygen atoms in total. The minimum atomic E-state index is -0.822. The van der Waals surface area contributed by atoms with Gasteiger partial charge in [0.05, 0.1) is 31.1 Å². The smallest absolute Gasteiger partial charge is 0.269 e. The second kappa shape index (κ2) is 14.0. The van der Waals surface area contributed by atoms with Crippen molar-refractivity contribution in [2.75, 3.05) is 19.8 Å². The number of ether oxygens (including phenoxy) is 1. The third kappa shape index (κ3) is 7.41. The van der Waals surface area contributed by atoms with Gasteiger partial charge in [-0.05, 0) is 24.8 Å². The third-order valence-corrected chi connectivity index (χ3v) is 7.84. The number of ketones is 1. The fraction of sp³-hybridized carbons (Fsp3) is 0.600. The first-order valence-corrected chi connectivity index (χ1v) is 14.5. The van der Waals surface area contributed by atoms with Crippen molar-refractivity contribution in [2.45, 2.75) is 96.0 Å². The van der Waals surface area contributed by atoms with Crippen molar-refractivity contribution in [3.63, 3.8) is 0 Å². The largest absolute Gasteiger partial charge is 0.381 e. The number of nitrogens with zero attached hydrogens (tertiary/aromatic N) is 3. The van der Waals surface area contributed by atoms with Crippen molar-refractivity contribution in [3.05, 3.63) is 42.4 Å². The zero-order chi connectivity index (χ0) is 27.7. The van der Waals surface area contributed by atoms with Crippen LogP contribution >= 0.6 is 0 Å². The average Bonchev–Trinajstić information content (AvgIpc) is 3.55. The SMILES string of the molecule is CCC(=O)CCCCC[C@H](NC(O)CCN1C(=O)C(CC)=NC12CCOCC2)c1ncc(-c2ccccc2)[nH]1. The van der Waals surface area contributed by atoms with Gasteiger partial charge in [0.15, 0.2) is 0 Å². The molecule has 3 heterocycles. The van der Waals surface area contributed by atoms with Gasteiger partial charge in [-0.2, -0.15) is 0 Å². The van der Waals surface area contributed by atoms with Crippen LogP contribution in [-0.2, 0) is 14.3 Å². The Bertz CT molecular complexity index is 1110. The summed E-state index contributed by atoms with van der Waals surface area (Å²) in [6, 6.07) is 9.84. The van der Waals surface area contributed by atoms with E-state index >= 15 is 0 Å². The first-order chi connectivity index (χ1) is 19.0. The number of imidazole rings is 1. The molecule has 2 atom stereocenters. The van der Waals surface area contributed by atoms with E-state index in [1.54, 1.807) is 0 Å². The van der Waals surface area contributed by atoms with Crippen LogP contribution in [0.25, 0.3) is 11.3 Å². The normalized spacial score (nSPS) is 18.4. The summed E-state index contributed by atoms with van der Waals surface area (Å²) in [7, 11) is 0. The molecule has 1 aromatic heterocycles. The molecule has 1 unspecified atom stereocenters. The van der Waals surface area contributed by atoms with E-state index in [-0.39, 0.29) is 11.9 Å². The summed E-state index contributed by atoms with van der Waals surface area (Å²) < 4.78 is 5.55. The number of aliphatic hydroxyl groups excluding tert-OH is 1. The van der Waals surface area contributed by atoms with Crippen LogP contribution in [0.2, 0.25) is 0 Å². The molecular weight excluding hydrogens is 494 g/mol. The summed E-state index contributed by atoms with van der Waals surface area (Å²) in [4.78, 5) is 39.5. The van der Waals surface area contributed by atoms with Crippen molar-refractivity contribution in [1.82, 2.24) is 20.2 Å². The van der Waals surface area contributed by atoms with Gasteiger partial charge in [-0.15, -0.1) is 0 Å². The Balaban J connectivity index is 1.39. The number of nitrogens with one attached hydrogen (secondary N) is 2. The number of benzene rings is 1. The lowest BCUT2D eigenvalue weighted by atomic mass is 9.99. The number of hydrogen-bond donors (Lipinski definition) is 3. The van der Waals surface area contributed by atoms with Gasteiger partial charge < -0.3 is 19.7 Å². The van der Waals surface area contributed by atoms with Crippen LogP contribution in [0.3, 0.4) is 0 Å². The molecular formula is C30H43N5O4. The zero-order valence-corrected chi connectivity index (χ0v) is 23.3. The van der Waals surface area contributed by atoms with Gasteiger partial charge in [0, 0.05) is 38.6 Å². The van der Waals surface area contributed by atoms with Gasteiger partial charge in [-0.1, -0.05) is 57.0 Å². The third-order valence-electron chi connectivity index (χ3n) is 7.84. The predicted molar refractivity (Wildman–Crippen MR) is 151 cm³/mol. The summed E-state index contributed by atoms with van der Waals surface area (Å²) in [6.07, 6.45) is 8.06. The standard InChI is InChI=1S/C30H43N5O4/c1-3-23(36)13-9-6-10-14-25(28-31-21-26(33-28)22-11-7-5-8-12-22)32-27(37)15-18-35-29(38)24(4-2)34-30(35)16-19-39-20-17-30/h5,7-8,11-12,21,25,27,32,37H,3-4,6,9-10,13-20H2,1-2H3,(H,31,33)/t25-,27?/m0/s1. The molecule has 1 fully saturated rings. The number of rotatable bonds is 15. The Morgan fingerprint density at radius 1 is 1.15 bits per heavy atom. The number of unbranched alkanes of at least 4 members (excludes halogenated alkanes) is 2. The Morgan fingerprint density at radius 2 is 1.92 bits per heavy atom. The number of aromatic nitrogens is 2. The molecule has 2 aliphatic rings. The van der Waals surface area contributed by atoms with E-state index in [9.17, 15) is 14.7 Å². The molecule has 0 bridgehead atoms. The van der Waals surface area contributed by atoms with E-state index in [1.807, 2.05) is 55.3 Å². The van der Waals surface area contributed by atoms with E-state index in [4.69, 9.17) is 9.73 Å². The number of carbonyl (C=O) groups excluding carboxylic acids is 2. The van der Waals surface area contributed by atoms with Crippen molar-refractivity contribution in [1.29, 1.82) is 0 Å². The lowest BCUT2D eigenvalue weighted by Gasteiger charge is -2.39. The topological polar surface area (TPSA) is 120 Å². The van der Waals surface area contributed by atoms with Crippen LogP contribution in [0.15, 0.2) is 41.5 Å². The summed E-state index contributed by atoms with van der Waals surface area (Å²) >= 11 is 0. The van der Waals surface area contributed by atoms with Crippen molar-refractivity contribution >= 4 is 17.4 Å². The Kier molecular flexibility index (Phi) is 10.4. The van der Waals surface area contributed by atoms with Crippen LogP contribution in [-0.4, -0.2) is 69.0 Å². The minimum absolute atomic E-state index is 0.0247. The molecule has 1 aromatic carbocycles. The summed E-state index contributed by atoms with van der Waals surface area (Å²) in [5, 5.41) is 14.4. The number of hydrogen-bond acceptors (Lipinski definition) is 7. The maximum Gasteiger partial charge on any atom is 0.269 e. The highest BCUT2D eigenvalue weighted by Crippen LogP contribution is 2.35. The molecule has 0 saturated carbocycles. The van der Waals surface area contributed by atoms with Gasteiger partial charge in [-0.3, -0.25) is 19.9 Å². The number of aliphatic imine (C=N–C) groups is 1. The summed E-state index contributed by atoms with van der Waals surface area (Å²) in [5.74, 6) is 1.04. The Hall–Kier alpha value is -2.88. The second-order valence-electron chi connectivity index (χ2n) is 10.5. The van der Waals surface area contributed by atoms with Crippen molar-refractivity contribution in [3.8, 4) is 11.3 Å². The number of aliphatic hydroxyl groups is 1. The maximum absolute atomic E-state index is 13.1. The van der Waals surface area contributed by atoms with E-state index in [0.29, 0.717) is 69.8 Å². The molecule has 1 saturated heterocycles. The number of carbonyl (C=O) groups is 2. The lowest BCUT2D eigenvalue weighted by Crippen LogP contribution is -2.51. The molecule has 4 rings (SSSR count). The maximum atomic E-state index is 13.1. The highest BCUT2D eigenvalue weighted by atomic mass is 16.5. The highest BCUT2D eigenvalue weighted by molar-refractivity contribution is 6.40. The summed E-state index contributed by atoms with van der Waals surface area (Å²) in [6.45, 7) is 5.44. The van der Waals surface area contributed by atoms with Crippen LogP contribution < -0.4 is 5.32 Å². The van der Waals surface area contributed by atoms with E-state index < -0.39 is 11.9 Å². The molecule has 1 amide bonds. The molecule has 2 aromatic rings. The van der Waals surface area contributed by atoms with E-state index in [0.717, 1.165) is 42.8 Å². The number of Topliss-reactive ketones (excluding diaryl/α,β-unsaturated/α-hetero) is 1. The minimum Gasteiger partial charge on any atom is -0.381 e. The quantitative estimate of drug-likeness (QED) is 0.227. The van der Waals surface area contributed by atoms with E-state index in [2.05, 4.69) is 15.3 Å². The fourth-order valence-electron chi connectivity index (χ4n) is 5.49. The zero-order valence-electron chi connectivity index (χ0n) is 23.3. The van der Waals surface area contributed by atoms with Gasteiger partial charge in [0.2, 0.25) is 0 Å². The van der Waals surface area contributed by atoms with Crippen LogP contribution in [0.5, 0.6) is 0 Å². The molecule has 0 radical (unpaired) electrons. The molecule has 212 valence electrons. The van der Waals surface area contributed by atoms with Crippen molar-refractivity contribution < 1.29 is 19.4 Å². The van der Waals surface area contributed by atoms with Crippen LogP contribution in [0.4, 0.5) is 0 Å². The van der Waals surface area contributed by atoms with Crippen LogP contribution in [0.1, 0.15) is 89.9 Å². The molecule has 2 aliphatic heterocycles. The molecule has 0 aliphatic carbocycles. The fourth-order valence-corrected chi connectivity index (χ4v) is 5.49.